The number of imidazole rings is 1. The standard InChI is InChI=1S/C18H14N2O/c1-13-4-2-5-15(10-13)20-12-19-16-11-14(7-8-17(16)20)18-6-3-9-21-18/h2-12H,1H3. The molecule has 4 aromatic rings. The van der Waals surface area contributed by atoms with Crippen molar-refractivity contribution >= 4 is 11.0 Å². The van der Waals surface area contributed by atoms with E-state index in [9.17, 15) is 0 Å². The smallest absolute Gasteiger partial charge is 0.133 e. The molecule has 0 atom stereocenters. The maximum atomic E-state index is 5.44. The quantitative estimate of drug-likeness (QED) is 0.535. The van der Waals surface area contributed by atoms with Gasteiger partial charge in [0.15, 0.2) is 0 Å². The molecule has 4 rings (SSSR count). The van der Waals surface area contributed by atoms with Crippen LogP contribution in [0, 0.1) is 6.92 Å². The monoisotopic (exact) mass is 274 g/mol. The van der Waals surface area contributed by atoms with Gasteiger partial charge in [-0.15, -0.1) is 0 Å². The van der Waals surface area contributed by atoms with Crippen molar-refractivity contribution in [1.29, 1.82) is 0 Å². The Morgan fingerprint density at radius 1 is 1.00 bits per heavy atom. The summed E-state index contributed by atoms with van der Waals surface area (Å²) in [5.41, 5.74) is 5.47. The molecule has 0 radical (unpaired) electrons. The van der Waals surface area contributed by atoms with Crippen LogP contribution in [0.1, 0.15) is 5.56 Å². The molecule has 102 valence electrons. The molecule has 2 aromatic heterocycles. The van der Waals surface area contributed by atoms with Gasteiger partial charge in [-0.1, -0.05) is 12.1 Å². The number of fused-ring (bicyclic) bond motifs is 1. The second-order valence-electron chi connectivity index (χ2n) is 5.13. The molecular weight excluding hydrogens is 260 g/mol. The number of hydrogen-bond donors (Lipinski definition) is 0. The van der Waals surface area contributed by atoms with Gasteiger partial charge >= 0.3 is 0 Å². The normalized spacial score (nSPS) is 11.1. The van der Waals surface area contributed by atoms with E-state index >= 15 is 0 Å². The van der Waals surface area contributed by atoms with E-state index in [-0.39, 0.29) is 0 Å². The van der Waals surface area contributed by atoms with Crippen LogP contribution in [0.25, 0.3) is 28.0 Å². The van der Waals surface area contributed by atoms with E-state index in [0.29, 0.717) is 0 Å². The van der Waals surface area contributed by atoms with E-state index in [1.54, 1.807) is 6.26 Å². The average molecular weight is 274 g/mol. The van der Waals surface area contributed by atoms with E-state index < -0.39 is 0 Å². The Morgan fingerprint density at radius 3 is 2.76 bits per heavy atom. The molecule has 0 bridgehead atoms. The minimum absolute atomic E-state index is 0.863. The fourth-order valence-corrected chi connectivity index (χ4v) is 2.59. The van der Waals surface area contributed by atoms with Gasteiger partial charge in [0.05, 0.1) is 17.3 Å². The summed E-state index contributed by atoms with van der Waals surface area (Å²) in [4.78, 5) is 4.52. The Balaban J connectivity index is 1.86. The molecule has 21 heavy (non-hydrogen) atoms. The maximum Gasteiger partial charge on any atom is 0.133 e. The summed E-state index contributed by atoms with van der Waals surface area (Å²) in [6.07, 6.45) is 3.55. The van der Waals surface area contributed by atoms with E-state index in [4.69, 9.17) is 4.42 Å². The van der Waals surface area contributed by atoms with Gasteiger partial charge in [0.2, 0.25) is 0 Å². The van der Waals surface area contributed by atoms with Crippen molar-refractivity contribution in [2.24, 2.45) is 0 Å². The molecule has 2 heterocycles. The third-order valence-corrected chi connectivity index (χ3v) is 3.63. The lowest BCUT2D eigenvalue weighted by molar-refractivity contribution is 0.582. The first kappa shape index (κ1) is 12.0. The van der Waals surface area contributed by atoms with Crippen LogP contribution in [-0.4, -0.2) is 9.55 Å². The van der Waals surface area contributed by atoms with E-state index in [1.807, 2.05) is 18.5 Å². The first-order valence-corrected chi connectivity index (χ1v) is 6.89. The van der Waals surface area contributed by atoms with Crippen molar-refractivity contribution in [3.8, 4) is 17.0 Å². The zero-order chi connectivity index (χ0) is 14.2. The summed E-state index contributed by atoms with van der Waals surface area (Å²) >= 11 is 0. The second-order valence-corrected chi connectivity index (χ2v) is 5.13. The predicted octanol–water partition coefficient (Wildman–Crippen LogP) is 4.59. The minimum Gasteiger partial charge on any atom is -0.464 e. The Hall–Kier alpha value is -2.81. The highest BCUT2D eigenvalue weighted by Crippen LogP contribution is 2.25. The largest absolute Gasteiger partial charge is 0.464 e. The minimum atomic E-state index is 0.863. The van der Waals surface area contributed by atoms with Crippen molar-refractivity contribution < 1.29 is 4.42 Å². The zero-order valence-corrected chi connectivity index (χ0v) is 11.7. The van der Waals surface area contributed by atoms with E-state index in [0.717, 1.165) is 28.0 Å². The highest BCUT2D eigenvalue weighted by atomic mass is 16.3. The molecule has 0 unspecified atom stereocenters. The van der Waals surface area contributed by atoms with Crippen LogP contribution in [0.2, 0.25) is 0 Å². The van der Waals surface area contributed by atoms with Crippen LogP contribution in [0.4, 0.5) is 0 Å². The van der Waals surface area contributed by atoms with Crippen molar-refractivity contribution in [3.05, 3.63) is 72.8 Å². The van der Waals surface area contributed by atoms with Gasteiger partial charge in [-0.05, 0) is 55.0 Å². The van der Waals surface area contributed by atoms with Crippen molar-refractivity contribution in [2.45, 2.75) is 6.92 Å². The van der Waals surface area contributed by atoms with Crippen LogP contribution < -0.4 is 0 Å². The molecule has 3 nitrogen and oxygen atoms in total. The number of nitrogens with zero attached hydrogens (tertiary/aromatic N) is 2. The lowest BCUT2D eigenvalue weighted by atomic mass is 10.1. The summed E-state index contributed by atoms with van der Waals surface area (Å²) in [7, 11) is 0. The topological polar surface area (TPSA) is 31.0 Å². The van der Waals surface area contributed by atoms with E-state index in [1.165, 1.54) is 5.56 Å². The molecule has 0 saturated carbocycles. The highest BCUT2D eigenvalue weighted by Gasteiger charge is 2.07. The fourth-order valence-electron chi connectivity index (χ4n) is 2.59. The molecule has 0 amide bonds. The third-order valence-electron chi connectivity index (χ3n) is 3.63. The second kappa shape index (κ2) is 4.63. The lowest BCUT2D eigenvalue weighted by Gasteiger charge is -2.05. The van der Waals surface area contributed by atoms with Gasteiger partial charge in [-0.25, -0.2) is 4.98 Å². The van der Waals surface area contributed by atoms with Crippen LogP contribution in [0.15, 0.2) is 71.6 Å². The summed E-state index contributed by atoms with van der Waals surface area (Å²) in [6.45, 7) is 2.09. The SMILES string of the molecule is Cc1cccc(-n2cnc3cc(-c4ccco4)ccc32)c1. The first-order valence-electron chi connectivity index (χ1n) is 6.89. The summed E-state index contributed by atoms with van der Waals surface area (Å²) < 4.78 is 7.55. The Kier molecular flexibility index (Phi) is 2.64. The van der Waals surface area contributed by atoms with Crippen molar-refractivity contribution in [1.82, 2.24) is 9.55 Å². The lowest BCUT2D eigenvalue weighted by Crippen LogP contribution is -1.92. The molecule has 0 aliphatic rings. The number of benzene rings is 2. The first-order chi connectivity index (χ1) is 10.3. The highest BCUT2D eigenvalue weighted by molar-refractivity contribution is 5.82. The fraction of sp³-hybridized carbons (Fsp3) is 0.0556. The van der Waals surface area contributed by atoms with Gasteiger partial charge in [-0.2, -0.15) is 0 Å². The molecule has 0 N–H and O–H groups in total. The zero-order valence-electron chi connectivity index (χ0n) is 11.7. The number of aromatic nitrogens is 2. The predicted molar refractivity (Wildman–Crippen MR) is 83.5 cm³/mol. The maximum absolute atomic E-state index is 5.44. The van der Waals surface area contributed by atoms with Gasteiger partial charge in [0.1, 0.15) is 12.1 Å². The van der Waals surface area contributed by atoms with Crippen LogP contribution in [0.3, 0.4) is 0 Å². The van der Waals surface area contributed by atoms with Crippen LogP contribution in [0.5, 0.6) is 0 Å². The summed E-state index contributed by atoms with van der Waals surface area (Å²) in [5, 5.41) is 0. The van der Waals surface area contributed by atoms with E-state index in [2.05, 4.69) is 58.9 Å². The molecule has 0 spiro atoms. The van der Waals surface area contributed by atoms with Crippen LogP contribution >= 0.6 is 0 Å². The molecule has 0 aliphatic heterocycles. The van der Waals surface area contributed by atoms with Gasteiger partial charge in [0.25, 0.3) is 0 Å². The third kappa shape index (κ3) is 2.03. The number of aryl methyl sites for hydroxylation is 1. The molecule has 3 heteroatoms. The van der Waals surface area contributed by atoms with Crippen molar-refractivity contribution in [2.75, 3.05) is 0 Å². The van der Waals surface area contributed by atoms with Gasteiger partial charge in [0, 0.05) is 11.3 Å². The summed E-state index contributed by atoms with van der Waals surface area (Å²) in [6, 6.07) is 18.5. The van der Waals surface area contributed by atoms with Crippen molar-refractivity contribution in [3.63, 3.8) is 0 Å². The number of furan rings is 1. The summed E-state index contributed by atoms with van der Waals surface area (Å²) in [5.74, 6) is 0.863. The average Bonchev–Trinajstić information content (AvgIpc) is 3.16. The molecular formula is C18H14N2O. The molecule has 0 fully saturated rings. The van der Waals surface area contributed by atoms with Gasteiger partial charge < -0.3 is 4.42 Å². The van der Waals surface area contributed by atoms with Crippen LogP contribution in [-0.2, 0) is 0 Å². The Morgan fingerprint density at radius 2 is 1.95 bits per heavy atom. The molecule has 0 aliphatic carbocycles. The number of hydrogen-bond acceptors (Lipinski definition) is 2. The van der Waals surface area contributed by atoms with Gasteiger partial charge in [-0.3, -0.25) is 4.57 Å². The Bertz CT molecular complexity index is 904. The number of rotatable bonds is 2. The molecule has 2 aromatic carbocycles. The molecule has 0 saturated heterocycles. The Labute approximate surface area is 122 Å².